The molecular formula is C25H23ClN8. The second-order valence-corrected chi connectivity index (χ2v) is 8.33. The van der Waals surface area contributed by atoms with E-state index in [9.17, 15) is 0 Å². The number of pyridine rings is 2. The molecule has 0 bridgehead atoms. The highest BCUT2D eigenvalue weighted by Gasteiger charge is 2.19. The summed E-state index contributed by atoms with van der Waals surface area (Å²) in [5, 5.41) is 9.27. The van der Waals surface area contributed by atoms with Gasteiger partial charge in [-0.3, -0.25) is 14.6 Å². The van der Waals surface area contributed by atoms with Gasteiger partial charge in [0, 0.05) is 48.8 Å². The van der Waals surface area contributed by atoms with Crippen LogP contribution < -0.4 is 11.1 Å². The third-order valence-corrected chi connectivity index (χ3v) is 5.81. The van der Waals surface area contributed by atoms with Crippen LogP contribution in [-0.2, 0) is 20.0 Å². The average Bonchev–Trinajstić information content (AvgIpc) is 3.29. The first kappa shape index (κ1) is 21.8. The summed E-state index contributed by atoms with van der Waals surface area (Å²) < 4.78 is 1.72. The molecule has 5 rings (SSSR count). The van der Waals surface area contributed by atoms with Gasteiger partial charge >= 0.3 is 0 Å². The van der Waals surface area contributed by atoms with Crippen molar-refractivity contribution < 1.29 is 0 Å². The molecule has 0 atom stereocenters. The summed E-state index contributed by atoms with van der Waals surface area (Å²) in [7, 11) is 1.85. The summed E-state index contributed by atoms with van der Waals surface area (Å²) in [5.41, 5.74) is 11.8. The molecule has 0 saturated carbocycles. The van der Waals surface area contributed by atoms with Crippen molar-refractivity contribution in [3.8, 4) is 22.6 Å². The SMILES string of the molecule is CCc1ccc(CNc2nc(-c3cc(Cl)c4ncccc4c3)c(-c3ccn(C)n3)nc2N)cn1. The summed E-state index contributed by atoms with van der Waals surface area (Å²) in [4.78, 5) is 18.4. The highest BCUT2D eigenvalue weighted by atomic mass is 35.5. The number of nitrogen functional groups attached to an aromatic ring is 1. The Kier molecular flexibility index (Phi) is 5.81. The number of nitrogens with two attached hydrogens (primary N) is 1. The van der Waals surface area contributed by atoms with Crippen molar-refractivity contribution in [3.63, 3.8) is 0 Å². The van der Waals surface area contributed by atoms with Crippen molar-refractivity contribution in [1.29, 1.82) is 0 Å². The highest BCUT2D eigenvalue weighted by molar-refractivity contribution is 6.35. The van der Waals surface area contributed by atoms with Crippen molar-refractivity contribution in [2.24, 2.45) is 7.05 Å². The van der Waals surface area contributed by atoms with E-state index in [1.54, 1.807) is 10.9 Å². The van der Waals surface area contributed by atoms with E-state index in [0.717, 1.165) is 34.1 Å². The number of benzene rings is 1. The molecule has 0 aliphatic rings. The molecule has 0 spiro atoms. The van der Waals surface area contributed by atoms with Crippen LogP contribution in [0.2, 0.25) is 5.02 Å². The van der Waals surface area contributed by atoms with E-state index < -0.39 is 0 Å². The first-order chi connectivity index (χ1) is 16.5. The minimum absolute atomic E-state index is 0.288. The Hall–Kier alpha value is -4.04. The largest absolute Gasteiger partial charge is 0.381 e. The quantitative estimate of drug-likeness (QED) is 0.363. The number of aryl methyl sites for hydroxylation is 2. The smallest absolute Gasteiger partial charge is 0.169 e. The van der Waals surface area contributed by atoms with Gasteiger partial charge in [0.25, 0.3) is 0 Å². The first-order valence-corrected chi connectivity index (χ1v) is 11.3. The summed E-state index contributed by atoms with van der Waals surface area (Å²) in [6, 6.07) is 13.6. The summed E-state index contributed by atoms with van der Waals surface area (Å²) in [6.45, 7) is 2.59. The number of hydrogen-bond donors (Lipinski definition) is 2. The Labute approximate surface area is 201 Å². The Morgan fingerprint density at radius 2 is 1.94 bits per heavy atom. The monoisotopic (exact) mass is 470 g/mol. The number of fused-ring (bicyclic) bond motifs is 1. The van der Waals surface area contributed by atoms with Crippen molar-refractivity contribution in [2.75, 3.05) is 11.1 Å². The van der Waals surface area contributed by atoms with Crippen LogP contribution in [0.5, 0.6) is 0 Å². The molecule has 0 saturated heterocycles. The van der Waals surface area contributed by atoms with E-state index in [-0.39, 0.29) is 5.82 Å². The molecule has 34 heavy (non-hydrogen) atoms. The lowest BCUT2D eigenvalue weighted by atomic mass is 10.0. The Bertz CT molecular complexity index is 1480. The Morgan fingerprint density at radius 3 is 2.68 bits per heavy atom. The number of nitrogens with zero attached hydrogens (tertiary/aromatic N) is 6. The van der Waals surface area contributed by atoms with Gasteiger partial charge in [0.15, 0.2) is 11.6 Å². The van der Waals surface area contributed by atoms with Gasteiger partial charge in [0.05, 0.1) is 10.5 Å². The summed E-state index contributed by atoms with van der Waals surface area (Å²) >= 11 is 6.57. The molecule has 9 heteroatoms. The van der Waals surface area contributed by atoms with E-state index in [4.69, 9.17) is 22.3 Å². The minimum Gasteiger partial charge on any atom is -0.381 e. The van der Waals surface area contributed by atoms with Crippen molar-refractivity contribution in [1.82, 2.24) is 29.7 Å². The fraction of sp³-hybridized carbons (Fsp3) is 0.160. The van der Waals surface area contributed by atoms with Crippen LogP contribution >= 0.6 is 11.6 Å². The van der Waals surface area contributed by atoms with Gasteiger partial charge in [0.1, 0.15) is 17.1 Å². The molecule has 0 aliphatic carbocycles. The van der Waals surface area contributed by atoms with Gasteiger partial charge in [-0.05, 0) is 42.3 Å². The molecule has 0 fully saturated rings. The lowest BCUT2D eigenvalue weighted by molar-refractivity contribution is 0.770. The Morgan fingerprint density at radius 1 is 1.06 bits per heavy atom. The lowest BCUT2D eigenvalue weighted by Crippen LogP contribution is -2.09. The predicted octanol–water partition coefficient (Wildman–Crippen LogP) is 4.90. The van der Waals surface area contributed by atoms with E-state index in [1.165, 1.54) is 0 Å². The third-order valence-electron chi connectivity index (χ3n) is 5.52. The van der Waals surface area contributed by atoms with Crippen LogP contribution in [0.25, 0.3) is 33.5 Å². The van der Waals surface area contributed by atoms with Crippen LogP contribution in [0.1, 0.15) is 18.2 Å². The van der Waals surface area contributed by atoms with E-state index >= 15 is 0 Å². The second-order valence-electron chi connectivity index (χ2n) is 7.93. The van der Waals surface area contributed by atoms with Crippen LogP contribution in [0.3, 0.4) is 0 Å². The molecule has 8 nitrogen and oxygen atoms in total. The summed E-state index contributed by atoms with van der Waals surface area (Å²) in [6.07, 6.45) is 6.33. The fourth-order valence-electron chi connectivity index (χ4n) is 3.74. The van der Waals surface area contributed by atoms with Crippen LogP contribution in [0.4, 0.5) is 11.6 Å². The summed E-state index contributed by atoms with van der Waals surface area (Å²) in [5.74, 6) is 0.771. The van der Waals surface area contributed by atoms with Crippen molar-refractivity contribution in [2.45, 2.75) is 19.9 Å². The highest BCUT2D eigenvalue weighted by Crippen LogP contribution is 2.35. The van der Waals surface area contributed by atoms with Gasteiger partial charge in [0.2, 0.25) is 0 Å². The topological polar surface area (TPSA) is 107 Å². The molecule has 4 heterocycles. The zero-order chi connectivity index (χ0) is 23.7. The zero-order valence-corrected chi connectivity index (χ0v) is 19.6. The number of rotatable bonds is 6. The fourth-order valence-corrected chi connectivity index (χ4v) is 4.01. The standard InChI is InChI=1S/C25H23ClN8/c1-3-18-7-6-15(13-29-18)14-30-25-24(27)31-23(20-8-10-34(2)33-20)22(32-25)17-11-16-5-4-9-28-21(16)19(26)12-17/h4-13H,3,14H2,1-2H3,(H2,27,31)(H,30,32). The first-order valence-electron chi connectivity index (χ1n) is 10.9. The van der Waals surface area contributed by atoms with Gasteiger partial charge in [-0.25, -0.2) is 9.97 Å². The normalized spacial score (nSPS) is 11.1. The number of anilines is 2. The average molecular weight is 471 g/mol. The van der Waals surface area contributed by atoms with Gasteiger partial charge in [-0.15, -0.1) is 0 Å². The molecule has 4 aromatic heterocycles. The van der Waals surface area contributed by atoms with Gasteiger partial charge < -0.3 is 11.1 Å². The molecule has 5 aromatic rings. The molecule has 1 aromatic carbocycles. The van der Waals surface area contributed by atoms with E-state index in [0.29, 0.717) is 34.5 Å². The van der Waals surface area contributed by atoms with E-state index in [2.05, 4.69) is 32.3 Å². The number of hydrogen-bond acceptors (Lipinski definition) is 7. The van der Waals surface area contributed by atoms with Gasteiger partial charge in [-0.1, -0.05) is 30.7 Å². The molecule has 0 unspecified atom stereocenters. The maximum Gasteiger partial charge on any atom is 0.169 e. The molecule has 3 N–H and O–H groups in total. The van der Waals surface area contributed by atoms with Crippen LogP contribution in [-0.4, -0.2) is 29.7 Å². The lowest BCUT2D eigenvalue weighted by Gasteiger charge is -2.14. The maximum atomic E-state index is 6.57. The van der Waals surface area contributed by atoms with Gasteiger partial charge in [-0.2, -0.15) is 5.10 Å². The predicted molar refractivity (Wildman–Crippen MR) is 135 cm³/mol. The van der Waals surface area contributed by atoms with Crippen LogP contribution in [0.15, 0.2) is 61.1 Å². The second kappa shape index (κ2) is 9.07. The molecular weight excluding hydrogens is 448 g/mol. The van der Waals surface area contributed by atoms with Crippen molar-refractivity contribution in [3.05, 3.63) is 77.3 Å². The molecule has 0 amide bonds. The maximum absolute atomic E-state index is 6.57. The third kappa shape index (κ3) is 4.27. The van der Waals surface area contributed by atoms with E-state index in [1.807, 2.05) is 61.9 Å². The van der Waals surface area contributed by atoms with Crippen molar-refractivity contribution >= 4 is 34.1 Å². The number of nitrogens with one attached hydrogen (secondary N) is 1. The Balaban J connectivity index is 1.59. The minimum atomic E-state index is 0.288. The molecule has 170 valence electrons. The molecule has 0 aliphatic heterocycles. The van der Waals surface area contributed by atoms with Crippen LogP contribution in [0, 0.1) is 0 Å². The molecule has 0 radical (unpaired) electrons. The number of aromatic nitrogens is 6. The zero-order valence-electron chi connectivity index (χ0n) is 18.8. The number of halogens is 1.